The van der Waals surface area contributed by atoms with Gasteiger partial charge >= 0.3 is 0 Å². The van der Waals surface area contributed by atoms with E-state index in [1.54, 1.807) is 6.20 Å². The Balaban J connectivity index is 1.74. The molecule has 0 bridgehead atoms. The van der Waals surface area contributed by atoms with Gasteiger partial charge in [-0.05, 0) is 61.4 Å². The smallest absolute Gasteiger partial charge is 0.146 e. The summed E-state index contributed by atoms with van der Waals surface area (Å²) in [4.78, 5) is 4.00. The summed E-state index contributed by atoms with van der Waals surface area (Å²) in [5, 5.41) is 0. The summed E-state index contributed by atoms with van der Waals surface area (Å²) in [6.45, 7) is 0. The number of hydrogen-bond donors (Lipinski definition) is 2. The van der Waals surface area contributed by atoms with Gasteiger partial charge in [0.1, 0.15) is 11.6 Å². The zero-order chi connectivity index (χ0) is 14.7. The molecule has 3 rings (SSSR count). The van der Waals surface area contributed by atoms with Gasteiger partial charge in [0.15, 0.2) is 0 Å². The quantitative estimate of drug-likeness (QED) is 0.904. The van der Waals surface area contributed by atoms with E-state index in [0.29, 0.717) is 17.6 Å². The van der Waals surface area contributed by atoms with E-state index in [1.807, 2.05) is 18.2 Å². The van der Waals surface area contributed by atoms with Gasteiger partial charge in [0.2, 0.25) is 0 Å². The molecule has 110 valence electrons. The number of aromatic nitrogens is 1. The van der Waals surface area contributed by atoms with Crippen LogP contribution in [0.15, 0.2) is 36.5 Å². The van der Waals surface area contributed by atoms with Gasteiger partial charge < -0.3 is 16.2 Å². The van der Waals surface area contributed by atoms with Crippen LogP contribution in [0.2, 0.25) is 0 Å². The number of ether oxygens (including phenoxy) is 1. The second kappa shape index (κ2) is 6.04. The SMILES string of the molecule is Nc1nccc(Cc2cccc(OC3CCCC3)c2)c1N. The molecule has 1 aromatic carbocycles. The molecule has 0 unspecified atom stereocenters. The molecular formula is C17H21N3O. The predicted molar refractivity (Wildman–Crippen MR) is 85.2 cm³/mol. The van der Waals surface area contributed by atoms with Crippen LogP contribution < -0.4 is 16.2 Å². The zero-order valence-corrected chi connectivity index (χ0v) is 12.1. The average Bonchev–Trinajstić information content (AvgIpc) is 2.97. The van der Waals surface area contributed by atoms with Crippen LogP contribution in [-0.4, -0.2) is 11.1 Å². The third-order valence-corrected chi connectivity index (χ3v) is 4.01. The molecule has 0 saturated heterocycles. The summed E-state index contributed by atoms with van der Waals surface area (Å²) in [6.07, 6.45) is 7.69. The van der Waals surface area contributed by atoms with Gasteiger partial charge in [0.25, 0.3) is 0 Å². The van der Waals surface area contributed by atoms with Gasteiger partial charge in [-0.1, -0.05) is 12.1 Å². The standard InChI is InChI=1S/C17H21N3O/c18-16-13(8-9-20-17(16)19)10-12-4-3-7-15(11-12)21-14-5-1-2-6-14/h3-4,7-9,11,14H,1-2,5-6,10,18H2,(H2,19,20). The van der Waals surface area contributed by atoms with E-state index in [4.69, 9.17) is 16.2 Å². The first kappa shape index (κ1) is 13.7. The van der Waals surface area contributed by atoms with Crippen molar-refractivity contribution in [2.24, 2.45) is 0 Å². The molecule has 0 spiro atoms. The van der Waals surface area contributed by atoms with Crippen molar-refractivity contribution in [2.75, 3.05) is 11.5 Å². The highest BCUT2D eigenvalue weighted by Gasteiger charge is 2.16. The predicted octanol–water partition coefficient (Wildman–Crippen LogP) is 3.16. The van der Waals surface area contributed by atoms with Gasteiger partial charge in [0.05, 0.1) is 11.8 Å². The molecule has 1 fully saturated rings. The van der Waals surface area contributed by atoms with Crippen molar-refractivity contribution >= 4 is 11.5 Å². The Morgan fingerprint density at radius 2 is 1.95 bits per heavy atom. The number of pyridine rings is 1. The van der Waals surface area contributed by atoms with Gasteiger partial charge in [-0.15, -0.1) is 0 Å². The highest BCUT2D eigenvalue weighted by Crippen LogP contribution is 2.26. The second-order valence-corrected chi connectivity index (χ2v) is 5.62. The van der Waals surface area contributed by atoms with E-state index < -0.39 is 0 Å². The van der Waals surface area contributed by atoms with Crippen LogP contribution in [0.3, 0.4) is 0 Å². The fourth-order valence-electron chi connectivity index (χ4n) is 2.83. The van der Waals surface area contributed by atoms with Crippen molar-refractivity contribution in [1.82, 2.24) is 4.98 Å². The van der Waals surface area contributed by atoms with Gasteiger partial charge in [-0.2, -0.15) is 0 Å². The molecule has 21 heavy (non-hydrogen) atoms. The summed E-state index contributed by atoms with van der Waals surface area (Å²) in [6, 6.07) is 10.1. The van der Waals surface area contributed by atoms with E-state index >= 15 is 0 Å². The minimum atomic E-state index is 0.377. The third-order valence-electron chi connectivity index (χ3n) is 4.01. The van der Waals surface area contributed by atoms with E-state index in [0.717, 1.165) is 30.6 Å². The largest absolute Gasteiger partial charge is 0.490 e. The Labute approximate surface area is 125 Å². The lowest BCUT2D eigenvalue weighted by Crippen LogP contribution is -2.10. The van der Waals surface area contributed by atoms with Crippen LogP contribution in [0.1, 0.15) is 36.8 Å². The molecule has 0 aliphatic heterocycles. The Hall–Kier alpha value is -2.23. The van der Waals surface area contributed by atoms with E-state index in [9.17, 15) is 0 Å². The fraction of sp³-hybridized carbons (Fsp3) is 0.353. The summed E-state index contributed by atoms with van der Waals surface area (Å²) in [5.74, 6) is 1.34. The Morgan fingerprint density at radius 3 is 2.76 bits per heavy atom. The second-order valence-electron chi connectivity index (χ2n) is 5.62. The number of hydrogen-bond acceptors (Lipinski definition) is 4. The zero-order valence-electron chi connectivity index (χ0n) is 12.1. The molecule has 4 N–H and O–H groups in total. The van der Waals surface area contributed by atoms with Crippen molar-refractivity contribution in [2.45, 2.75) is 38.2 Å². The molecule has 4 nitrogen and oxygen atoms in total. The fourth-order valence-corrected chi connectivity index (χ4v) is 2.83. The summed E-state index contributed by atoms with van der Waals surface area (Å²) >= 11 is 0. The van der Waals surface area contributed by atoms with E-state index in [1.165, 1.54) is 18.4 Å². The maximum atomic E-state index is 6.04. The molecule has 1 aromatic heterocycles. The van der Waals surface area contributed by atoms with Crippen molar-refractivity contribution in [1.29, 1.82) is 0 Å². The van der Waals surface area contributed by atoms with Crippen LogP contribution >= 0.6 is 0 Å². The van der Waals surface area contributed by atoms with Crippen LogP contribution in [0.25, 0.3) is 0 Å². The van der Waals surface area contributed by atoms with Gasteiger partial charge in [-0.25, -0.2) is 4.98 Å². The van der Waals surface area contributed by atoms with Crippen molar-refractivity contribution in [3.63, 3.8) is 0 Å². The molecule has 1 aliphatic rings. The lowest BCUT2D eigenvalue weighted by molar-refractivity contribution is 0.210. The first-order chi connectivity index (χ1) is 10.2. The maximum absolute atomic E-state index is 6.04. The average molecular weight is 283 g/mol. The third kappa shape index (κ3) is 3.27. The molecule has 0 amide bonds. The number of nitrogen functional groups attached to an aromatic ring is 2. The summed E-state index contributed by atoms with van der Waals surface area (Å²) < 4.78 is 6.04. The monoisotopic (exact) mass is 283 g/mol. The first-order valence-electron chi connectivity index (χ1n) is 7.47. The summed E-state index contributed by atoms with van der Waals surface area (Å²) in [7, 11) is 0. The molecule has 4 heteroatoms. The molecule has 1 aliphatic carbocycles. The van der Waals surface area contributed by atoms with Crippen molar-refractivity contribution < 1.29 is 4.74 Å². The lowest BCUT2D eigenvalue weighted by Gasteiger charge is -2.14. The molecule has 0 atom stereocenters. The van der Waals surface area contributed by atoms with Crippen molar-refractivity contribution in [3.8, 4) is 5.75 Å². The van der Waals surface area contributed by atoms with Gasteiger partial charge in [-0.3, -0.25) is 0 Å². The van der Waals surface area contributed by atoms with E-state index in [2.05, 4.69) is 17.1 Å². The van der Waals surface area contributed by atoms with Crippen molar-refractivity contribution in [3.05, 3.63) is 47.7 Å². The minimum Gasteiger partial charge on any atom is -0.490 e. The summed E-state index contributed by atoms with van der Waals surface area (Å²) in [5.41, 5.74) is 14.5. The van der Waals surface area contributed by atoms with Gasteiger partial charge in [0, 0.05) is 6.20 Å². The number of rotatable bonds is 4. The van der Waals surface area contributed by atoms with Crippen LogP contribution in [-0.2, 0) is 6.42 Å². The number of benzene rings is 1. The minimum absolute atomic E-state index is 0.377. The van der Waals surface area contributed by atoms with Crippen LogP contribution in [0.5, 0.6) is 5.75 Å². The maximum Gasteiger partial charge on any atom is 0.146 e. The Bertz CT molecular complexity index is 621. The highest BCUT2D eigenvalue weighted by molar-refractivity contribution is 5.63. The van der Waals surface area contributed by atoms with Crippen LogP contribution in [0, 0.1) is 0 Å². The Kier molecular flexibility index (Phi) is 3.95. The van der Waals surface area contributed by atoms with Crippen LogP contribution in [0.4, 0.5) is 11.5 Å². The number of anilines is 2. The number of nitrogens with two attached hydrogens (primary N) is 2. The molecule has 1 saturated carbocycles. The first-order valence-corrected chi connectivity index (χ1v) is 7.47. The Morgan fingerprint density at radius 1 is 1.14 bits per heavy atom. The normalized spacial score (nSPS) is 15.2. The molecule has 1 heterocycles. The lowest BCUT2D eigenvalue weighted by atomic mass is 10.0. The molecule has 0 radical (unpaired) electrons. The topological polar surface area (TPSA) is 74.2 Å². The van der Waals surface area contributed by atoms with E-state index in [-0.39, 0.29) is 0 Å². The molecule has 2 aromatic rings. The molecular weight excluding hydrogens is 262 g/mol. The highest BCUT2D eigenvalue weighted by atomic mass is 16.5. The number of nitrogens with zero attached hydrogens (tertiary/aromatic N) is 1.